The predicted molar refractivity (Wildman–Crippen MR) is 156 cm³/mol. The maximum absolute atomic E-state index is 7.54. The zero-order valence-corrected chi connectivity index (χ0v) is 19.9. The van der Waals surface area contributed by atoms with Gasteiger partial charge in [0, 0.05) is 22.0 Å². The maximum Gasteiger partial charge on any atom is 0.189 e. The second kappa shape index (κ2) is 7.43. The predicted octanol–water partition coefficient (Wildman–Crippen LogP) is 9.90. The lowest BCUT2D eigenvalue weighted by molar-refractivity contribution is 1.18. The molecule has 1 heterocycles. The number of nitrogens with zero attached hydrogens (tertiary/aromatic N) is 2. The van der Waals surface area contributed by atoms with Gasteiger partial charge in [-0.25, -0.2) is 4.85 Å². The average molecular weight is 469 g/mol. The van der Waals surface area contributed by atoms with Crippen molar-refractivity contribution in [3.8, 4) is 16.8 Å². The van der Waals surface area contributed by atoms with Crippen LogP contribution in [0.3, 0.4) is 0 Å². The summed E-state index contributed by atoms with van der Waals surface area (Å²) >= 11 is 0. The van der Waals surface area contributed by atoms with Crippen LogP contribution in [0.4, 0.5) is 5.69 Å². The summed E-state index contributed by atoms with van der Waals surface area (Å²) in [5.74, 6) is 0. The third-order valence-corrected chi connectivity index (χ3v) is 7.69. The van der Waals surface area contributed by atoms with Crippen molar-refractivity contribution in [3.05, 3.63) is 133 Å². The summed E-state index contributed by atoms with van der Waals surface area (Å²) in [5, 5.41) is 10.1. The maximum atomic E-state index is 7.54. The van der Waals surface area contributed by atoms with Crippen LogP contribution >= 0.6 is 0 Å². The summed E-state index contributed by atoms with van der Waals surface area (Å²) < 4.78 is 2.29. The van der Waals surface area contributed by atoms with E-state index in [0.717, 1.165) is 22.1 Å². The molecule has 2 nitrogen and oxygen atoms in total. The van der Waals surface area contributed by atoms with Crippen LogP contribution in [0, 0.1) is 6.57 Å². The van der Waals surface area contributed by atoms with Crippen molar-refractivity contribution in [3.63, 3.8) is 0 Å². The molecule has 0 bridgehead atoms. The number of benzene rings is 7. The fourth-order valence-electron chi connectivity index (χ4n) is 6.03. The Morgan fingerprint density at radius 3 is 1.81 bits per heavy atom. The monoisotopic (exact) mass is 468 g/mol. The average Bonchev–Trinajstić information content (AvgIpc) is 3.29. The highest BCUT2D eigenvalue weighted by molar-refractivity contribution is 6.23. The molecule has 0 spiro atoms. The van der Waals surface area contributed by atoms with Gasteiger partial charge in [-0.3, -0.25) is 0 Å². The number of hydrogen-bond donors (Lipinski definition) is 0. The molecule has 37 heavy (non-hydrogen) atoms. The second-order valence-electron chi connectivity index (χ2n) is 9.72. The number of para-hydroxylation sites is 1. The Labute approximate surface area is 213 Å². The Morgan fingerprint density at radius 2 is 1.11 bits per heavy atom. The molecule has 7 aromatic carbocycles. The van der Waals surface area contributed by atoms with Gasteiger partial charge in [-0.05, 0) is 79.8 Å². The van der Waals surface area contributed by atoms with Gasteiger partial charge in [-0.1, -0.05) is 84.9 Å². The fourth-order valence-corrected chi connectivity index (χ4v) is 6.03. The highest BCUT2D eigenvalue weighted by Gasteiger charge is 2.15. The van der Waals surface area contributed by atoms with Gasteiger partial charge < -0.3 is 4.57 Å². The first kappa shape index (κ1) is 20.1. The van der Waals surface area contributed by atoms with Gasteiger partial charge in [0.05, 0.1) is 12.1 Å². The van der Waals surface area contributed by atoms with Crippen LogP contribution in [0.2, 0.25) is 0 Å². The van der Waals surface area contributed by atoms with Gasteiger partial charge in [0.25, 0.3) is 0 Å². The van der Waals surface area contributed by atoms with E-state index in [1.807, 2.05) is 18.2 Å². The lowest BCUT2D eigenvalue weighted by atomic mass is 9.91. The molecule has 0 aliphatic carbocycles. The van der Waals surface area contributed by atoms with E-state index in [-0.39, 0.29) is 0 Å². The summed E-state index contributed by atoms with van der Waals surface area (Å²) in [6, 6.07) is 43.3. The van der Waals surface area contributed by atoms with Crippen molar-refractivity contribution in [2.24, 2.45) is 0 Å². The van der Waals surface area contributed by atoms with Crippen molar-refractivity contribution in [2.45, 2.75) is 0 Å². The highest BCUT2D eigenvalue weighted by atomic mass is 15.0. The van der Waals surface area contributed by atoms with Crippen LogP contribution in [0.25, 0.3) is 75.8 Å². The zero-order valence-electron chi connectivity index (χ0n) is 19.9. The molecule has 8 rings (SSSR count). The van der Waals surface area contributed by atoms with Crippen LogP contribution in [0.15, 0.2) is 121 Å². The first-order valence-corrected chi connectivity index (χ1v) is 12.5. The summed E-state index contributed by atoms with van der Waals surface area (Å²) in [5.41, 5.74) is 6.34. The van der Waals surface area contributed by atoms with E-state index < -0.39 is 0 Å². The van der Waals surface area contributed by atoms with Crippen LogP contribution < -0.4 is 0 Å². The fraction of sp³-hybridized carbons (Fsp3) is 0. The SMILES string of the molecule is [C-]#[N+]c1ccc2c3ccc(-c4cc5ccc6cccc7ccc(c4)c5c67)cc3n(-c3ccccc3)c2c1. The smallest absolute Gasteiger partial charge is 0.189 e. The van der Waals surface area contributed by atoms with E-state index >= 15 is 0 Å². The molecule has 0 amide bonds. The molecule has 0 saturated heterocycles. The minimum Gasteiger partial charge on any atom is -0.310 e. The summed E-state index contributed by atoms with van der Waals surface area (Å²) in [7, 11) is 0. The van der Waals surface area contributed by atoms with E-state index in [1.165, 1.54) is 48.8 Å². The Bertz CT molecular complexity index is 2130. The second-order valence-corrected chi connectivity index (χ2v) is 9.72. The minimum atomic E-state index is 0.653. The van der Waals surface area contributed by atoms with E-state index in [0.29, 0.717) is 5.69 Å². The molecule has 0 radical (unpaired) electrons. The molecule has 0 fully saturated rings. The van der Waals surface area contributed by atoms with Crippen molar-refractivity contribution in [1.82, 2.24) is 4.57 Å². The van der Waals surface area contributed by atoms with Gasteiger partial charge in [0.1, 0.15) is 0 Å². The lowest BCUT2D eigenvalue weighted by Crippen LogP contribution is -1.93. The number of fused-ring (bicyclic) bond motifs is 3. The molecule has 0 atom stereocenters. The Kier molecular flexibility index (Phi) is 4.04. The molecular weight excluding hydrogens is 448 g/mol. The molecule has 170 valence electrons. The van der Waals surface area contributed by atoms with Crippen molar-refractivity contribution in [1.29, 1.82) is 0 Å². The first-order chi connectivity index (χ1) is 18.3. The number of rotatable bonds is 2. The first-order valence-electron chi connectivity index (χ1n) is 12.5. The number of hydrogen-bond acceptors (Lipinski definition) is 0. The Balaban J connectivity index is 1.42. The molecule has 0 aliphatic heterocycles. The third-order valence-electron chi connectivity index (χ3n) is 7.69. The minimum absolute atomic E-state index is 0.653. The van der Waals surface area contributed by atoms with E-state index in [9.17, 15) is 0 Å². The molecule has 0 unspecified atom stereocenters. The van der Waals surface area contributed by atoms with Gasteiger partial charge in [0.2, 0.25) is 0 Å². The lowest BCUT2D eigenvalue weighted by Gasteiger charge is -2.13. The molecule has 2 heteroatoms. The summed E-state index contributed by atoms with van der Waals surface area (Å²) in [4.78, 5) is 3.70. The molecule has 0 N–H and O–H groups in total. The van der Waals surface area contributed by atoms with Crippen molar-refractivity contribution < 1.29 is 0 Å². The van der Waals surface area contributed by atoms with E-state index in [4.69, 9.17) is 6.57 Å². The van der Waals surface area contributed by atoms with Crippen LogP contribution in [0.1, 0.15) is 0 Å². The molecule has 0 aliphatic rings. The molecule has 0 saturated carbocycles. The molecular formula is C35H20N2. The number of aromatic nitrogens is 1. The van der Waals surface area contributed by atoms with Crippen LogP contribution in [-0.2, 0) is 0 Å². The largest absolute Gasteiger partial charge is 0.310 e. The normalized spacial score (nSPS) is 11.8. The summed E-state index contributed by atoms with van der Waals surface area (Å²) in [6.45, 7) is 7.54. The van der Waals surface area contributed by atoms with Crippen LogP contribution in [0.5, 0.6) is 0 Å². The standard InChI is InChI=1S/C35H20N2/c1-36-28-15-17-31-30-16-14-24(20-32(30)37(33(31)21-28)29-8-3-2-4-9-29)27-18-25-12-10-22-6-5-7-23-11-13-26(19-27)35(25)34(22)23/h2-21H. The highest BCUT2D eigenvalue weighted by Crippen LogP contribution is 2.40. The molecule has 8 aromatic rings. The topological polar surface area (TPSA) is 9.29 Å². The quantitative estimate of drug-likeness (QED) is 0.176. The Morgan fingerprint density at radius 1 is 0.486 bits per heavy atom. The van der Waals surface area contributed by atoms with Crippen molar-refractivity contribution in [2.75, 3.05) is 0 Å². The van der Waals surface area contributed by atoms with E-state index in [1.54, 1.807) is 0 Å². The van der Waals surface area contributed by atoms with Crippen LogP contribution in [-0.4, -0.2) is 4.57 Å². The third kappa shape index (κ3) is 2.86. The summed E-state index contributed by atoms with van der Waals surface area (Å²) in [6.07, 6.45) is 0. The van der Waals surface area contributed by atoms with Gasteiger partial charge in [0.15, 0.2) is 5.69 Å². The van der Waals surface area contributed by atoms with Crippen molar-refractivity contribution >= 4 is 59.8 Å². The van der Waals surface area contributed by atoms with E-state index in [2.05, 4.69) is 113 Å². The van der Waals surface area contributed by atoms with Gasteiger partial charge in [-0.2, -0.15) is 0 Å². The van der Waals surface area contributed by atoms with Gasteiger partial charge in [-0.15, -0.1) is 0 Å². The molecule has 1 aromatic heterocycles. The Hall–Kier alpha value is -5.13. The zero-order chi connectivity index (χ0) is 24.5. The van der Waals surface area contributed by atoms with Gasteiger partial charge >= 0.3 is 0 Å².